The third-order valence-electron chi connectivity index (χ3n) is 3.08. The molecule has 0 atom stereocenters. The van der Waals surface area contributed by atoms with Crippen molar-refractivity contribution in [2.24, 2.45) is 0 Å². The fraction of sp³-hybridized carbons (Fsp3) is 0.118. The second-order valence-electron chi connectivity index (χ2n) is 4.89. The van der Waals surface area contributed by atoms with Crippen LogP contribution in [-0.4, -0.2) is 10.8 Å². The summed E-state index contributed by atoms with van der Waals surface area (Å²) in [4.78, 5) is 21.8. The first-order chi connectivity index (χ1) is 10.5. The van der Waals surface area contributed by atoms with Crippen LogP contribution in [0, 0.1) is 17.0 Å². The van der Waals surface area contributed by atoms with Gasteiger partial charge in [-0.2, -0.15) is 0 Å². The van der Waals surface area contributed by atoms with E-state index in [0.29, 0.717) is 6.54 Å². The summed E-state index contributed by atoms with van der Waals surface area (Å²) in [5.41, 5.74) is 2.95. The molecule has 0 aliphatic rings. The predicted molar refractivity (Wildman–Crippen MR) is 85.2 cm³/mol. The summed E-state index contributed by atoms with van der Waals surface area (Å²) in [7, 11) is 0. The van der Waals surface area contributed by atoms with Crippen molar-refractivity contribution in [1.82, 2.24) is 5.32 Å². The van der Waals surface area contributed by atoms with Crippen molar-refractivity contribution in [1.29, 1.82) is 0 Å². The Labute approximate surface area is 128 Å². The Bertz CT molecular complexity index is 706. The molecule has 22 heavy (non-hydrogen) atoms. The van der Waals surface area contributed by atoms with Crippen molar-refractivity contribution in [3.8, 4) is 0 Å². The SMILES string of the molecule is Cc1cccc(CNC(=O)/C=C/c2ccc([N+](=O)[O-])cc2)c1. The zero-order chi connectivity index (χ0) is 15.9. The van der Waals surface area contributed by atoms with E-state index in [2.05, 4.69) is 5.32 Å². The minimum absolute atomic E-state index is 0.0287. The zero-order valence-corrected chi connectivity index (χ0v) is 12.2. The molecule has 5 heteroatoms. The van der Waals surface area contributed by atoms with Crippen molar-refractivity contribution in [2.45, 2.75) is 13.5 Å². The van der Waals surface area contributed by atoms with Gasteiger partial charge in [-0.25, -0.2) is 0 Å². The van der Waals surface area contributed by atoms with Crippen LogP contribution in [0.2, 0.25) is 0 Å². The van der Waals surface area contributed by atoms with Crippen LogP contribution in [0.5, 0.6) is 0 Å². The van der Waals surface area contributed by atoms with Gasteiger partial charge in [-0.1, -0.05) is 29.8 Å². The quantitative estimate of drug-likeness (QED) is 0.523. The fourth-order valence-electron chi connectivity index (χ4n) is 1.95. The minimum Gasteiger partial charge on any atom is -0.348 e. The van der Waals surface area contributed by atoms with Crippen LogP contribution in [0.15, 0.2) is 54.6 Å². The monoisotopic (exact) mass is 296 g/mol. The zero-order valence-electron chi connectivity index (χ0n) is 12.2. The van der Waals surface area contributed by atoms with E-state index in [4.69, 9.17) is 0 Å². The molecule has 0 spiro atoms. The highest BCUT2D eigenvalue weighted by atomic mass is 16.6. The number of non-ortho nitro benzene ring substituents is 1. The molecule has 112 valence electrons. The minimum atomic E-state index is -0.456. The van der Waals surface area contributed by atoms with E-state index in [1.54, 1.807) is 18.2 Å². The number of nitrogens with one attached hydrogen (secondary N) is 1. The van der Waals surface area contributed by atoms with Crippen LogP contribution in [0.3, 0.4) is 0 Å². The molecule has 0 radical (unpaired) electrons. The molecule has 0 heterocycles. The molecule has 2 aromatic carbocycles. The largest absolute Gasteiger partial charge is 0.348 e. The van der Waals surface area contributed by atoms with Crippen molar-refractivity contribution >= 4 is 17.7 Å². The number of rotatable bonds is 5. The molecule has 2 rings (SSSR count). The van der Waals surface area contributed by atoms with E-state index in [1.807, 2.05) is 31.2 Å². The number of nitro benzene ring substituents is 1. The molecule has 0 saturated heterocycles. The lowest BCUT2D eigenvalue weighted by Crippen LogP contribution is -2.20. The van der Waals surface area contributed by atoms with Gasteiger partial charge >= 0.3 is 0 Å². The van der Waals surface area contributed by atoms with Gasteiger partial charge in [-0.15, -0.1) is 0 Å². The summed E-state index contributed by atoms with van der Waals surface area (Å²) in [6.07, 6.45) is 3.03. The van der Waals surface area contributed by atoms with Gasteiger partial charge in [0.15, 0.2) is 0 Å². The maximum absolute atomic E-state index is 11.7. The van der Waals surface area contributed by atoms with E-state index in [0.717, 1.165) is 16.7 Å². The first-order valence-corrected chi connectivity index (χ1v) is 6.80. The first kappa shape index (κ1) is 15.4. The van der Waals surface area contributed by atoms with Gasteiger partial charge in [0.1, 0.15) is 0 Å². The number of hydrogen-bond acceptors (Lipinski definition) is 3. The molecular weight excluding hydrogens is 280 g/mol. The summed E-state index contributed by atoms with van der Waals surface area (Å²) < 4.78 is 0. The van der Waals surface area contributed by atoms with Gasteiger partial charge in [0, 0.05) is 24.8 Å². The number of benzene rings is 2. The second-order valence-corrected chi connectivity index (χ2v) is 4.89. The number of nitrogens with zero attached hydrogens (tertiary/aromatic N) is 1. The summed E-state index contributed by atoms with van der Waals surface area (Å²) in [6.45, 7) is 2.46. The van der Waals surface area contributed by atoms with Crippen LogP contribution in [0.25, 0.3) is 6.08 Å². The summed E-state index contributed by atoms with van der Waals surface area (Å²) >= 11 is 0. The maximum atomic E-state index is 11.7. The first-order valence-electron chi connectivity index (χ1n) is 6.80. The van der Waals surface area contributed by atoms with Crippen LogP contribution >= 0.6 is 0 Å². The highest BCUT2D eigenvalue weighted by Gasteiger charge is 2.02. The molecule has 0 aliphatic heterocycles. The predicted octanol–water partition coefficient (Wildman–Crippen LogP) is 3.23. The molecule has 0 saturated carbocycles. The summed E-state index contributed by atoms with van der Waals surface area (Å²) in [5, 5.41) is 13.3. The third kappa shape index (κ3) is 4.56. The van der Waals surface area contributed by atoms with Crippen molar-refractivity contribution in [2.75, 3.05) is 0 Å². The highest BCUT2D eigenvalue weighted by Crippen LogP contribution is 2.12. The van der Waals surface area contributed by atoms with Gasteiger partial charge in [0.25, 0.3) is 5.69 Å². The number of aryl methyl sites for hydroxylation is 1. The number of hydrogen-bond donors (Lipinski definition) is 1. The topological polar surface area (TPSA) is 72.2 Å². The molecular formula is C17H16N2O3. The fourth-order valence-corrected chi connectivity index (χ4v) is 1.95. The van der Waals surface area contributed by atoms with Crippen LogP contribution < -0.4 is 5.32 Å². The molecule has 0 fully saturated rings. The summed E-state index contributed by atoms with van der Waals surface area (Å²) in [5.74, 6) is -0.208. The number of nitro groups is 1. The lowest BCUT2D eigenvalue weighted by molar-refractivity contribution is -0.384. The van der Waals surface area contributed by atoms with Crippen LogP contribution in [0.1, 0.15) is 16.7 Å². The number of amides is 1. The Morgan fingerprint density at radius 1 is 1.23 bits per heavy atom. The van der Waals surface area contributed by atoms with Gasteiger partial charge in [-0.05, 0) is 36.3 Å². The highest BCUT2D eigenvalue weighted by molar-refractivity contribution is 5.91. The van der Waals surface area contributed by atoms with Gasteiger partial charge in [0.05, 0.1) is 4.92 Å². The average Bonchev–Trinajstić information content (AvgIpc) is 2.51. The Hall–Kier alpha value is -2.95. The van der Waals surface area contributed by atoms with E-state index in [-0.39, 0.29) is 11.6 Å². The Kier molecular flexibility index (Phi) is 5.03. The molecule has 1 amide bonds. The van der Waals surface area contributed by atoms with Gasteiger partial charge in [-0.3, -0.25) is 14.9 Å². The molecule has 0 aromatic heterocycles. The molecule has 1 N–H and O–H groups in total. The van der Waals surface area contributed by atoms with Crippen molar-refractivity contribution in [3.63, 3.8) is 0 Å². The number of carbonyl (C=O) groups is 1. The van der Waals surface area contributed by atoms with Gasteiger partial charge < -0.3 is 5.32 Å². The van der Waals surface area contributed by atoms with Gasteiger partial charge in [0.2, 0.25) is 5.91 Å². The summed E-state index contributed by atoms with van der Waals surface area (Å²) in [6, 6.07) is 13.9. The lowest BCUT2D eigenvalue weighted by atomic mass is 10.1. The van der Waals surface area contributed by atoms with Crippen LogP contribution in [0.4, 0.5) is 5.69 Å². The van der Waals surface area contributed by atoms with Crippen molar-refractivity contribution < 1.29 is 9.72 Å². The standard InChI is InChI=1S/C17H16N2O3/c1-13-3-2-4-15(11-13)12-18-17(20)10-7-14-5-8-16(9-6-14)19(21)22/h2-11H,12H2,1H3,(H,18,20)/b10-7+. The molecule has 5 nitrogen and oxygen atoms in total. The van der Waals surface area contributed by atoms with E-state index in [1.165, 1.54) is 18.2 Å². The molecule has 0 bridgehead atoms. The molecule has 0 unspecified atom stereocenters. The Balaban J connectivity index is 1.89. The third-order valence-corrected chi connectivity index (χ3v) is 3.08. The Morgan fingerprint density at radius 3 is 2.59 bits per heavy atom. The molecule has 0 aliphatic carbocycles. The normalized spacial score (nSPS) is 10.6. The van der Waals surface area contributed by atoms with E-state index >= 15 is 0 Å². The van der Waals surface area contributed by atoms with E-state index < -0.39 is 4.92 Å². The smallest absolute Gasteiger partial charge is 0.269 e. The maximum Gasteiger partial charge on any atom is 0.269 e. The molecule has 2 aromatic rings. The average molecular weight is 296 g/mol. The Morgan fingerprint density at radius 2 is 1.95 bits per heavy atom. The van der Waals surface area contributed by atoms with E-state index in [9.17, 15) is 14.9 Å². The van der Waals surface area contributed by atoms with Crippen LogP contribution in [-0.2, 0) is 11.3 Å². The van der Waals surface area contributed by atoms with Crippen molar-refractivity contribution in [3.05, 3.63) is 81.4 Å². The lowest BCUT2D eigenvalue weighted by Gasteiger charge is -2.03. The second kappa shape index (κ2) is 7.17. The number of carbonyl (C=O) groups excluding carboxylic acids is 1.